The van der Waals surface area contributed by atoms with Gasteiger partial charge in [0.1, 0.15) is 11.6 Å². The predicted molar refractivity (Wildman–Crippen MR) is 110 cm³/mol. The van der Waals surface area contributed by atoms with Crippen LogP contribution in [0.25, 0.3) is 16.5 Å². The lowest BCUT2D eigenvalue weighted by Crippen LogP contribution is -2.29. The SMILES string of the molecule is CCOC(=O)c1ccc(N2CC=C(c3c[nH]c4ccc(OC)cc34)CC2)nc1. The second-order valence-electron chi connectivity index (χ2n) is 6.66. The average molecular weight is 377 g/mol. The zero-order valence-electron chi connectivity index (χ0n) is 16.1. The number of nitrogens with zero attached hydrogens (tertiary/aromatic N) is 2. The predicted octanol–water partition coefficient (Wildman–Crippen LogP) is 4.04. The van der Waals surface area contributed by atoms with Crippen molar-refractivity contribution in [3.63, 3.8) is 0 Å². The number of carbonyl (C=O) groups is 1. The number of rotatable bonds is 5. The summed E-state index contributed by atoms with van der Waals surface area (Å²) < 4.78 is 10.4. The van der Waals surface area contributed by atoms with E-state index in [1.165, 1.54) is 16.5 Å². The quantitative estimate of drug-likeness (QED) is 0.680. The van der Waals surface area contributed by atoms with Crippen LogP contribution in [0.4, 0.5) is 5.82 Å². The van der Waals surface area contributed by atoms with Gasteiger partial charge in [0.05, 0.1) is 19.3 Å². The first-order chi connectivity index (χ1) is 13.7. The van der Waals surface area contributed by atoms with Crippen molar-refractivity contribution in [2.45, 2.75) is 13.3 Å². The number of benzene rings is 1. The van der Waals surface area contributed by atoms with Crippen LogP contribution in [0, 0.1) is 0 Å². The van der Waals surface area contributed by atoms with E-state index in [4.69, 9.17) is 9.47 Å². The number of anilines is 1. The monoisotopic (exact) mass is 377 g/mol. The third-order valence-corrected chi connectivity index (χ3v) is 5.03. The first-order valence-electron chi connectivity index (χ1n) is 9.42. The molecule has 0 fully saturated rings. The van der Waals surface area contributed by atoms with E-state index in [1.54, 1.807) is 26.3 Å². The number of hydrogen-bond acceptors (Lipinski definition) is 5. The maximum atomic E-state index is 11.8. The molecule has 0 amide bonds. The Kier molecular flexibility index (Phi) is 5.02. The number of nitrogens with one attached hydrogen (secondary N) is 1. The molecule has 28 heavy (non-hydrogen) atoms. The lowest BCUT2D eigenvalue weighted by Gasteiger charge is -2.27. The Balaban J connectivity index is 1.51. The molecule has 6 heteroatoms. The number of aromatic amines is 1. The van der Waals surface area contributed by atoms with Crippen molar-refractivity contribution >= 4 is 28.3 Å². The summed E-state index contributed by atoms with van der Waals surface area (Å²) in [5.74, 6) is 1.39. The van der Waals surface area contributed by atoms with Gasteiger partial charge in [-0.1, -0.05) is 6.08 Å². The van der Waals surface area contributed by atoms with E-state index in [1.807, 2.05) is 18.2 Å². The zero-order chi connectivity index (χ0) is 19.5. The van der Waals surface area contributed by atoms with E-state index in [-0.39, 0.29) is 5.97 Å². The average Bonchev–Trinajstić information content (AvgIpc) is 3.17. The smallest absolute Gasteiger partial charge is 0.339 e. The molecule has 1 N–H and O–H groups in total. The topological polar surface area (TPSA) is 67.5 Å². The van der Waals surface area contributed by atoms with Crippen molar-refractivity contribution in [1.29, 1.82) is 0 Å². The third kappa shape index (κ3) is 3.45. The number of pyridine rings is 1. The molecule has 0 saturated carbocycles. The van der Waals surface area contributed by atoms with Crippen LogP contribution >= 0.6 is 0 Å². The highest BCUT2D eigenvalue weighted by molar-refractivity contribution is 5.94. The van der Waals surface area contributed by atoms with Gasteiger partial charge in [0.2, 0.25) is 0 Å². The molecule has 1 aliphatic rings. The number of ether oxygens (including phenoxy) is 2. The summed E-state index contributed by atoms with van der Waals surface area (Å²) in [4.78, 5) is 21.7. The minimum absolute atomic E-state index is 0.336. The second kappa shape index (κ2) is 7.76. The lowest BCUT2D eigenvalue weighted by atomic mass is 9.99. The summed E-state index contributed by atoms with van der Waals surface area (Å²) in [7, 11) is 1.69. The van der Waals surface area contributed by atoms with Gasteiger partial charge in [-0.15, -0.1) is 0 Å². The number of hydrogen-bond donors (Lipinski definition) is 1. The number of methoxy groups -OCH3 is 1. The molecular formula is C22H23N3O3. The van der Waals surface area contributed by atoms with E-state index in [9.17, 15) is 4.79 Å². The van der Waals surface area contributed by atoms with Gasteiger partial charge in [0, 0.05) is 41.9 Å². The molecule has 0 bridgehead atoms. The Morgan fingerprint density at radius 2 is 2.18 bits per heavy atom. The summed E-state index contributed by atoms with van der Waals surface area (Å²) in [5.41, 5.74) is 4.12. The van der Waals surface area contributed by atoms with E-state index in [0.29, 0.717) is 12.2 Å². The molecular weight excluding hydrogens is 354 g/mol. The van der Waals surface area contributed by atoms with Crippen LogP contribution in [0.2, 0.25) is 0 Å². The zero-order valence-corrected chi connectivity index (χ0v) is 16.1. The summed E-state index contributed by atoms with van der Waals surface area (Å²) in [5, 5.41) is 1.18. The third-order valence-electron chi connectivity index (χ3n) is 5.03. The van der Waals surface area contributed by atoms with Crippen LogP contribution in [0.5, 0.6) is 5.75 Å². The Bertz CT molecular complexity index is 1020. The summed E-state index contributed by atoms with van der Waals surface area (Å²) in [6.07, 6.45) is 6.81. The number of aromatic nitrogens is 2. The van der Waals surface area contributed by atoms with Crippen molar-refractivity contribution in [2.75, 3.05) is 31.7 Å². The van der Waals surface area contributed by atoms with Crippen LogP contribution < -0.4 is 9.64 Å². The van der Waals surface area contributed by atoms with Crippen molar-refractivity contribution in [3.05, 3.63) is 59.9 Å². The van der Waals surface area contributed by atoms with E-state index >= 15 is 0 Å². The van der Waals surface area contributed by atoms with Crippen LogP contribution in [0.3, 0.4) is 0 Å². The molecule has 1 aromatic carbocycles. The number of esters is 1. The first-order valence-corrected chi connectivity index (χ1v) is 9.42. The van der Waals surface area contributed by atoms with Crippen molar-refractivity contribution in [1.82, 2.24) is 9.97 Å². The van der Waals surface area contributed by atoms with E-state index in [0.717, 1.165) is 36.6 Å². The van der Waals surface area contributed by atoms with Crippen molar-refractivity contribution in [2.24, 2.45) is 0 Å². The molecule has 4 rings (SSSR count). The molecule has 0 atom stereocenters. The number of fused-ring (bicyclic) bond motifs is 1. The summed E-state index contributed by atoms with van der Waals surface area (Å²) in [6.45, 7) is 3.80. The van der Waals surface area contributed by atoms with Gasteiger partial charge >= 0.3 is 5.97 Å². The molecule has 2 aromatic heterocycles. The molecule has 3 heterocycles. The molecule has 0 radical (unpaired) electrons. The fourth-order valence-corrected chi connectivity index (χ4v) is 3.52. The normalized spacial score (nSPS) is 14.1. The van der Waals surface area contributed by atoms with Gasteiger partial charge in [-0.2, -0.15) is 0 Å². The van der Waals surface area contributed by atoms with Gasteiger partial charge in [-0.3, -0.25) is 0 Å². The molecule has 0 spiro atoms. The molecule has 0 saturated heterocycles. The van der Waals surface area contributed by atoms with Crippen LogP contribution in [0.15, 0.2) is 48.8 Å². The Morgan fingerprint density at radius 1 is 1.29 bits per heavy atom. The van der Waals surface area contributed by atoms with Gasteiger partial charge < -0.3 is 19.4 Å². The molecule has 3 aromatic rings. The van der Waals surface area contributed by atoms with Gasteiger partial charge in [-0.05, 0) is 49.2 Å². The maximum Gasteiger partial charge on any atom is 0.339 e. The number of H-pyrrole nitrogens is 1. The standard InChI is InChI=1S/C22H23N3O3/c1-3-28-22(26)16-4-7-21(24-13-16)25-10-8-15(9-11-25)19-14-23-20-6-5-17(27-2)12-18(19)20/h4-8,12-14,23H,3,9-11H2,1-2H3. The van der Waals surface area contributed by atoms with Crippen LogP contribution in [-0.4, -0.2) is 42.7 Å². The molecule has 6 nitrogen and oxygen atoms in total. The Labute approximate surface area is 163 Å². The van der Waals surface area contributed by atoms with Gasteiger partial charge in [-0.25, -0.2) is 9.78 Å². The maximum absolute atomic E-state index is 11.8. The van der Waals surface area contributed by atoms with Crippen LogP contribution in [-0.2, 0) is 4.74 Å². The summed E-state index contributed by atoms with van der Waals surface area (Å²) in [6, 6.07) is 9.73. The van der Waals surface area contributed by atoms with Gasteiger partial charge in [0.15, 0.2) is 0 Å². The lowest BCUT2D eigenvalue weighted by molar-refractivity contribution is 0.0526. The van der Waals surface area contributed by atoms with Gasteiger partial charge in [0.25, 0.3) is 0 Å². The highest BCUT2D eigenvalue weighted by Crippen LogP contribution is 2.32. The largest absolute Gasteiger partial charge is 0.497 e. The van der Waals surface area contributed by atoms with Crippen molar-refractivity contribution < 1.29 is 14.3 Å². The molecule has 0 unspecified atom stereocenters. The Hall–Kier alpha value is -3.28. The molecule has 1 aliphatic heterocycles. The van der Waals surface area contributed by atoms with E-state index < -0.39 is 0 Å². The molecule has 144 valence electrons. The first kappa shape index (κ1) is 18.1. The second-order valence-corrected chi connectivity index (χ2v) is 6.66. The Morgan fingerprint density at radius 3 is 2.86 bits per heavy atom. The minimum Gasteiger partial charge on any atom is -0.497 e. The fraction of sp³-hybridized carbons (Fsp3) is 0.273. The van der Waals surface area contributed by atoms with Crippen LogP contribution in [0.1, 0.15) is 29.3 Å². The minimum atomic E-state index is -0.336. The molecule has 0 aliphatic carbocycles. The number of carbonyl (C=O) groups excluding carboxylic acids is 1. The highest BCUT2D eigenvalue weighted by atomic mass is 16.5. The highest BCUT2D eigenvalue weighted by Gasteiger charge is 2.17. The van der Waals surface area contributed by atoms with E-state index in [2.05, 4.69) is 33.2 Å². The summed E-state index contributed by atoms with van der Waals surface area (Å²) >= 11 is 0. The van der Waals surface area contributed by atoms with Crippen molar-refractivity contribution in [3.8, 4) is 5.75 Å². The fourth-order valence-electron chi connectivity index (χ4n) is 3.52.